The van der Waals surface area contributed by atoms with Crippen LogP contribution in [0.4, 0.5) is 11.8 Å². The van der Waals surface area contributed by atoms with Crippen LogP contribution in [0.5, 0.6) is 0 Å². The number of fused-ring (bicyclic) bond motifs is 1. The highest BCUT2D eigenvalue weighted by Crippen LogP contribution is 2.31. The molecule has 1 atom stereocenters. The fraction of sp³-hybridized carbons (Fsp3) is 0.600. The Balaban J connectivity index is 1.93. The second-order valence-corrected chi connectivity index (χ2v) is 7.09. The lowest BCUT2D eigenvalue weighted by Gasteiger charge is -2.27. The van der Waals surface area contributed by atoms with Crippen LogP contribution in [-0.2, 0) is 0 Å². The Kier molecular flexibility index (Phi) is 3.99. The van der Waals surface area contributed by atoms with Crippen LogP contribution in [0.15, 0.2) is 6.07 Å². The van der Waals surface area contributed by atoms with Crippen molar-refractivity contribution >= 4 is 33.3 Å². The largest absolute Gasteiger partial charge is 0.357 e. The van der Waals surface area contributed by atoms with Crippen LogP contribution in [0.25, 0.3) is 10.2 Å². The van der Waals surface area contributed by atoms with Crippen molar-refractivity contribution in [3.8, 4) is 0 Å². The Hall–Kier alpha value is -1.40. The molecule has 6 heteroatoms. The zero-order valence-electron chi connectivity index (χ0n) is 13.2. The van der Waals surface area contributed by atoms with Gasteiger partial charge in [0.15, 0.2) is 0 Å². The predicted molar refractivity (Wildman–Crippen MR) is 90.6 cm³/mol. The summed E-state index contributed by atoms with van der Waals surface area (Å²) in [5.41, 5.74) is 0. The Bertz CT molecular complexity index is 638. The molecule has 0 saturated carbocycles. The fourth-order valence-corrected chi connectivity index (χ4v) is 3.92. The molecule has 1 N–H and O–H groups in total. The molecule has 0 aliphatic carbocycles. The van der Waals surface area contributed by atoms with Gasteiger partial charge in [-0.1, -0.05) is 0 Å². The second kappa shape index (κ2) is 5.77. The van der Waals surface area contributed by atoms with E-state index in [0.29, 0.717) is 12.0 Å². The maximum atomic E-state index is 4.69. The SMILES string of the molecule is CNc1nc(N(C)CC2CCCN2C)c2cc(C)sc2n1. The normalized spacial score (nSPS) is 19.3. The first-order valence-electron chi connectivity index (χ1n) is 7.46. The number of nitrogens with one attached hydrogen (secondary N) is 1. The van der Waals surface area contributed by atoms with Gasteiger partial charge in [0.2, 0.25) is 5.95 Å². The standard InChI is InChI=1S/C15H23N5S/c1-10-8-12-13(17-15(16-2)18-14(12)21-10)20(4)9-11-6-5-7-19(11)3/h8,11H,5-7,9H2,1-4H3,(H,16,17,18). The van der Waals surface area contributed by atoms with E-state index in [1.54, 1.807) is 11.3 Å². The van der Waals surface area contributed by atoms with E-state index in [0.717, 1.165) is 17.2 Å². The minimum absolute atomic E-state index is 0.623. The van der Waals surface area contributed by atoms with Crippen molar-refractivity contribution in [1.29, 1.82) is 0 Å². The maximum Gasteiger partial charge on any atom is 0.225 e. The summed E-state index contributed by atoms with van der Waals surface area (Å²) in [4.78, 5) is 16.3. The quantitative estimate of drug-likeness (QED) is 0.940. The van der Waals surface area contributed by atoms with Crippen LogP contribution in [0.2, 0.25) is 0 Å². The number of hydrogen-bond donors (Lipinski definition) is 1. The van der Waals surface area contributed by atoms with E-state index in [1.165, 1.54) is 29.6 Å². The van der Waals surface area contributed by atoms with E-state index in [2.05, 4.69) is 47.2 Å². The molecule has 0 amide bonds. The van der Waals surface area contributed by atoms with Crippen LogP contribution >= 0.6 is 11.3 Å². The van der Waals surface area contributed by atoms with E-state index in [-0.39, 0.29) is 0 Å². The van der Waals surface area contributed by atoms with Gasteiger partial charge in [-0.3, -0.25) is 0 Å². The molecule has 5 nitrogen and oxygen atoms in total. The van der Waals surface area contributed by atoms with Crippen LogP contribution in [-0.4, -0.2) is 55.1 Å². The van der Waals surface area contributed by atoms with Gasteiger partial charge in [0, 0.05) is 31.6 Å². The predicted octanol–water partition coefficient (Wildman–Crippen LogP) is 2.57. The zero-order valence-corrected chi connectivity index (χ0v) is 14.0. The van der Waals surface area contributed by atoms with E-state index >= 15 is 0 Å². The number of rotatable bonds is 4. The molecule has 0 aromatic carbocycles. The summed E-state index contributed by atoms with van der Waals surface area (Å²) in [5, 5.41) is 4.24. The average Bonchev–Trinajstić information content (AvgIpc) is 3.02. The van der Waals surface area contributed by atoms with Crippen LogP contribution in [0.1, 0.15) is 17.7 Å². The first kappa shape index (κ1) is 14.5. The number of hydrogen-bond acceptors (Lipinski definition) is 6. The summed E-state index contributed by atoms with van der Waals surface area (Å²) >= 11 is 1.73. The van der Waals surface area contributed by atoms with Crippen LogP contribution in [0, 0.1) is 6.92 Å². The van der Waals surface area contributed by atoms with Gasteiger partial charge in [0.05, 0.1) is 5.39 Å². The minimum Gasteiger partial charge on any atom is -0.357 e. The summed E-state index contributed by atoms with van der Waals surface area (Å²) in [6.07, 6.45) is 2.57. The topological polar surface area (TPSA) is 44.3 Å². The molecule has 2 aromatic rings. The maximum absolute atomic E-state index is 4.69. The van der Waals surface area contributed by atoms with Crippen molar-refractivity contribution in [2.24, 2.45) is 0 Å². The molecule has 0 spiro atoms. The van der Waals surface area contributed by atoms with Gasteiger partial charge in [0.1, 0.15) is 10.6 Å². The molecular formula is C15H23N5S. The van der Waals surface area contributed by atoms with Gasteiger partial charge in [-0.25, -0.2) is 4.98 Å². The summed E-state index contributed by atoms with van der Waals surface area (Å²) in [6, 6.07) is 2.82. The molecule has 1 saturated heterocycles. The first-order chi connectivity index (χ1) is 10.1. The van der Waals surface area contributed by atoms with E-state index < -0.39 is 0 Å². The van der Waals surface area contributed by atoms with Gasteiger partial charge in [0.25, 0.3) is 0 Å². The van der Waals surface area contributed by atoms with Crippen molar-refractivity contribution < 1.29 is 0 Å². The first-order valence-corrected chi connectivity index (χ1v) is 8.27. The lowest BCUT2D eigenvalue weighted by atomic mass is 10.2. The summed E-state index contributed by atoms with van der Waals surface area (Å²) in [7, 11) is 6.23. The molecule has 1 aliphatic rings. The number of nitrogens with zero attached hydrogens (tertiary/aromatic N) is 4. The third-order valence-electron chi connectivity index (χ3n) is 4.24. The molecule has 3 heterocycles. The van der Waals surface area contributed by atoms with E-state index in [4.69, 9.17) is 4.98 Å². The number of anilines is 2. The van der Waals surface area contributed by atoms with Gasteiger partial charge >= 0.3 is 0 Å². The number of aromatic nitrogens is 2. The van der Waals surface area contributed by atoms with Crippen molar-refractivity contribution in [3.05, 3.63) is 10.9 Å². The molecule has 0 bridgehead atoms. The van der Waals surface area contributed by atoms with E-state index in [9.17, 15) is 0 Å². The molecule has 2 aromatic heterocycles. The van der Waals surface area contributed by atoms with Gasteiger partial charge in [-0.15, -0.1) is 11.3 Å². The Morgan fingerprint density at radius 3 is 2.95 bits per heavy atom. The minimum atomic E-state index is 0.623. The van der Waals surface area contributed by atoms with Crippen molar-refractivity contribution in [1.82, 2.24) is 14.9 Å². The van der Waals surface area contributed by atoms with Gasteiger partial charge < -0.3 is 15.1 Å². The Morgan fingerprint density at radius 1 is 1.48 bits per heavy atom. The van der Waals surface area contributed by atoms with E-state index in [1.807, 2.05) is 7.05 Å². The number of likely N-dealkylation sites (tertiary alicyclic amines) is 1. The third kappa shape index (κ3) is 2.82. The van der Waals surface area contributed by atoms with Crippen molar-refractivity contribution in [2.75, 3.05) is 44.4 Å². The van der Waals surface area contributed by atoms with Crippen molar-refractivity contribution in [2.45, 2.75) is 25.8 Å². The fourth-order valence-electron chi connectivity index (χ4n) is 3.04. The lowest BCUT2D eigenvalue weighted by molar-refractivity contribution is 0.314. The van der Waals surface area contributed by atoms with Crippen LogP contribution in [0.3, 0.4) is 0 Å². The second-order valence-electron chi connectivity index (χ2n) is 5.85. The average molecular weight is 305 g/mol. The Labute approximate surface area is 130 Å². The monoisotopic (exact) mass is 305 g/mol. The summed E-state index contributed by atoms with van der Waals surface area (Å²) in [5.74, 6) is 1.74. The van der Waals surface area contributed by atoms with Gasteiger partial charge in [-0.2, -0.15) is 4.98 Å². The molecule has 1 unspecified atom stereocenters. The third-order valence-corrected chi connectivity index (χ3v) is 5.18. The molecule has 3 rings (SSSR count). The highest BCUT2D eigenvalue weighted by atomic mass is 32.1. The molecular weight excluding hydrogens is 282 g/mol. The number of likely N-dealkylation sites (N-methyl/N-ethyl adjacent to an activating group) is 2. The smallest absolute Gasteiger partial charge is 0.225 e. The molecule has 21 heavy (non-hydrogen) atoms. The number of thiophene rings is 1. The molecule has 114 valence electrons. The number of aryl methyl sites for hydroxylation is 1. The van der Waals surface area contributed by atoms with Crippen molar-refractivity contribution in [3.63, 3.8) is 0 Å². The van der Waals surface area contributed by atoms with Crippen LogP contribution < -0.4 is 10.2 Å². The summed E-state index contributed by atoms with van der Waals surface area (Å²) < 4.78 is 0. The lowest BCUT2D eigenvalue weighted by Crippen LogP contribution is -2.37. The molecule has 1 aliphatic heterocycles. The summed E-state index contributed by atoms with van der Waals surface area (Å²) in [6.45, 7) is 4.34. The highest BCUT2D eigenvalue weighted by Gasteiger charge is 2.23. The highest BCUT2D eigenvalue weighted by molar-refractivity contribution is 7.18. The molecule has 1 fully saturated rings. The molecule has 0 radical (unpaired) electrons. The van der Waals surface area contributed by atoms with Gasteiger partial charge in [-0.05, 0) is 39.4 Å². The Morgan fingerprint density at radius 2 is 2.29 bits per heavy atom. The zero-order chi connectivity index (χ0) is 15.0.